The van der Waals surface area contributed by atoms with Gasteiger partial charge in [0.25, 0.3) is 0 Å². The predicted octanol–water partition coefficient (Wildman–Crippen LogP) is 0.928. The van der Waals surface area contributed by atoms with Crippen LogP contribution >= 0.6 is 0 Å². The lowest BCUT2D eigenvalue weighted by Gasteiger charge is -2.14. The third kappa shape index (κ3) is 5.45. The van der Waals surface area contributed by atoms with Gasteiger partial charge in [0.05, 0.1) is 19.0 Å². The zero-order valence-electron chi connectivity index (χ0n) is 10.3. The first-order valence-electron chi connectivity index (χ1n) is 5.86. The molecule has 0 saturated heterocycles. The first-order chi connectivity index (χ1) is 8.59. The Morgan fingerprint density at radius 3 is 2.56 bits per heavy atom. The highest BCUT2D eigenvalue weighted by Gasteiger charge is 2.08. The molecule has 0 aliphatic heterocycles. The molecule has 0 aromatic heterocycles. The first kappa shape index (κ1) is 14.2. The van der Waals surface area contributed by atoms with E-state index in [-0.39, 0.29) is 24.9 Å². The van der Waals surface area contributed by atoms with Crippen LogP contribution < -0.4 is 10.6 Å². The fourth-order valence-electron chi connectivity index (χ4n) is 1.51. The number of carboxylic acids is 1. The number of nitrogens with one attached hydrogen (secondary N) is 2. The fourth-order valence-corrected chi connectivity index (χ4v) is 1.51. The SMILES string of the molecule is CC(NC(=O)CNCCC(=O)O)c1ccccc1. The van der Waals surface area contributed by atoms with Crippen molar-refractivity contribution in [3.8, 4) is 0 Å². The standard InChI is InChI=1S/C13H18N2O3/c1-10(11-5-3-2-4-6-11)15-12(16)9-14-8-7-13(17)18/h2-6,10,14H,7-9H2,1H3,(H,15,16)(H,17,18). The first-order valence-corrected chi connectivity index (χ1v) is 5.86. The molecule has 1 aromatic carbocycles. The number of hydrogen-bond donors (Lipinski definition) is 3. The summed E-state index contributed by atoms with van der Waals surface area (Å²) >= 11 is 0. The van der Waals surface area contributed by atoms with Crippen LogP contribution in [-0.2, 0) is 9.59 Å². The van der Waals surface area contributed by atoms with Gasteiger partial charge in [-0.25, -0.2) is 0 Å². The summed E-state index contributed by atoms with van der Waals surface area (Å²) in [6.07, 6.45) is 0.0154. The van der Waals surface area contributed by atoms with Crippen LogP contribution in [0.15, 0.2) is 30.3 Å². The van der Waals surface area contributed by atoms with Gasteiger partial charge in [-0.2, -0.15) is 0 Å². The van der Waals surface area contributed by atoms with Crippen LogP contribution in [0.4, 0.5) is 0 Å². The number of aliphatic carboxylic acids is 1. The van der Waals surface area contributed by atoms with E-state index in [2.05, 4.69) is 10.6 Å². The topological polar surface area (TPSA) is 78.4 Å². The maximum atomic E-state index is 11.6. The van der Waals surface area contributed by atoms with E-state index < -0.39 is 5.97 Å². The number of amides is 1. The normalized spacial score (nSPS) is 11.8. The molecule has 0 saturated carbocycles. The zero-order chi connectivity index (χ0) is 13.4. The molecule has 1 amide bonds. The molecule has 0 radical (unpaired) electrons. The van der Waals surface area contributed by atoms with E-state index in [4.69, 9.17) is 5.11 Å². The van der Waals surface area contributed by atoms with Crippen LogP contribution in [0.5, 0.6) is 0 Å². The van der Waals surface area contributed by atoms with Crippen molar-refractivity contribution in [2.45, 2.75) is 19.4 Å². The minimum atomic E-state index is -0.874. The summed E-state index contributed by atoms with van der Waals surface area (Å²) in [6, 6.07) is 9.60. The van der Waals surface area contributed by atoms with Gasteiger partial charge in [-0.15, -0.1) is 0 Å². The van der Waals surface area contributed by atoms with E-state index in [9.17, 15) is 9.59 Å². The van der Waals surface area contributed by atoms with Crippen LogP contribution in [0.1, 0.15) is 24.9 Å². The van der Waals surface area contributed by atoms with Crippen molar-refractivity contribution in [2.24, 2.45) is 0 Å². The van der Waals surface area contributed by atoms with Crippen LogP contribution in [0.2, 0.25) is 0 Å². The quantitative estimate of drug-likeness (QED) is 0.629. The van der Waals surface area contributed by atoms with Crippen molar-refractivity contribution in [1.29, 1.82) is 0 Å². The number of carbonyl (C=O) groups excluding carboxylic acids is 1. The predicted molar refractivity (Wildman–Crippen MR) is 68.1 cm³/mol. The molecule has 0 spiro atoms. The van der Waals surface area contributed by atoms with Crippen molar-refractivity contribution >= 4 is 11.9 Å². The van der Waals surface area contributed by atoms with Gasteiger partial charge in [0.2, 0.25) is 5.91 Å². The molecule has 1 atom stereocenters. The lowest BCUT2D eigenvalue weighted by Crippen LogP contribution is -2.36. The van der Waals surface area contributed by atoms with Gasteiger partial charge in [0.1, 0.15) is 0 Å². The second-order valence-corrected chi connectivity index (χ2v) is 4.02. The van der Waals surface area contributed by atoms with E-state index in [1.165, 1.54) is 0 Å². The second-order valence-electron chi connectivity index (χ2n) is 4.02. The fraction of sp³-hybridized carbons (Fsp3) is 0.385. The summed E-state index contributed by atoms with van der Waals surface area (Å²) in [4.78, 5) is 21.8. The Morgan fingerprint density at radius 2 is 1.94 bits per heavy atom. The van der Waals surface area contributed by atoms with Crippen LogP contribution in [-0.4, -0.2) is 30.1 Å². The molecular formula is C13H18N2O3. The van der Waals surface area contributed by atoms with Gasteiger partial charge in [-0.1, -0.05) is 30.3 Å². The molecule has 5 nitrogen and oxygen atoms in total. The number of carboxylic acid groups (broad SMARTS) is 1. The molecular weight excluding hydrogens is 232 g/mol. The molecule has 3 N–H and O–H groups in total. The third-order valence-corrected chi connectivity index (χ3v) is 2.48. The summed E-state index contributed by atoms with van der Waals surface area (Å²) in [5.41, 5.74) is 1.04. The number of rotatable bonds is 7. The number of benzene rings is 1. The molecule has 0 heterocycles. The summed E-state index contributed by atoms with van der Waals surface area (Å²) in [5, 5.41) is 14.0. The highest BCUT2D eigenvalue weighted by Crippen LogP contribution is 2.10. The van der Waals surface area contributed by atoms with Crippen molar-refractivity contribution in [3.63, 3.8) is 0 Å². The average Bonchev–Trinajstić information content (AvgIpc) is 2.35. The van der Waals surface area contributed by atoms with Gasteiger partial charge in [-0.05, 0) is 12.5 Å². The van der Waals surface area contributed by atoms with Crippen molar-refractivity contribution < 1.29 is 14.7 Å². The summed E-state index contributed by atoms with van der Waals surface area (Å²) in [6.45, 7) is 2.33. The Morgan fingerprint density at radius 1 is 1.28 bits per heavy atom. The maximum Gasteiger partial charge on any atom is 0.304 e. The van der Waals surface area contributed by atoms with Gasteiger partial charge in [0, 0.05) is 6.54 Å². The molecule has 0 bridgehead atoms. The molecule has 18 heavy (non-hydrogen) atoms. The highest BCUT2D eigenvalue weighted by molar-refractivity contribution is 5.78. The van der Waals surface area contributed by atoms with E-state index in [1.807, 2.05) is 37.3 Å². The van der Waals surface area contributed by atoms with Gasteiger partial charge in [-0.3, -0.25) is 9.59 Å². The largest absolute Gasteiger partial charge is 0.481 e. The molecule has 0 aliphatic rings. The number of carbonyl (C=O) groups is 2. The van der Waals surface area contributed by atoms with E-state index >= 15 is 0 Å². The zero-order valence-corrected chi connectivity index (χ0v) is 10.3. The third-order valence-electron chi connectivity index (χ3n) is 2.48. The van der Waals surface area contributed by atoms with Gasteiger partial charge >= 0.3 is 5.97 Å². The minimum Gasteiger partial charge on any atom is -0.481 e. The maximum absolute atomic E-state index is 11.6. The molecule has 1 aromatic rings. The van der Waals surface area contributed by atoms with Crippen molar-refractivity contribution in [3.05, 3.63) is 35.9 Å². The van der Waals surface area contributed by atoms with Crippen molar-refractivity contribution in [2.75, 3.05) is 13.1 Å². The van der Waals surface area contributed by atoms with Gasteiger partial charge < -0.3 is 15.7 Å². The van der Waals surface area contributed by atoms with Gasteiger partial charge in [0.15, 0.2) is 0 Å². The Labute approximate surface area is 106 Å². The Balaban J connectivity index is 2.26. The second kappa shape index (κ2) is 7.45. The summed E-state index contributed by atoms with van der Waals surface area (Å²) in [7, 11) is 0. The van der Waals surface area contributed by atoms with Crippen LogP contribution in [0.25, 0.3) is 0 Å². The Bertz CT molecular complexity index is 392. The molecule has 98 valence electrons. The summed E-state index contributed by atoms with van der Waals surface area (Å²) < 4.78 is 0. The molecule has 1 unspecified atom stereocenters. The summed E-state index contributed by atoms with van der Waals surface area (Å²) in [5.74, 6) is -1.02. The highest BCUT2D eigenvalue weighted by atomic mass is 16.4. The lowest BCUT2D eigenvalue weighted by atomic mass is 10.1. The van der Waals surface area contributed by atoms with Crippen LogP contribution in [0, 0.1) is 0 Å². The van der Waals surface area contributed by atoms with E-state index in [0.29, 0.717) is 6.54 Å². The average molecular weight is 250 g/mol. The van der Waals surface area contributed by atoms with E-state index in [0.717, 1.165) is 5.56 Å². The van der Waals surface area contributed by atoms with E-state index in [1.54, 1.807) is 0 Å². The van der Waals surface area contributed by atoms with Crippen molar-refractivity contribution in [1.82, 2.24) is 10.6 Å². The minimum absolute atomic E-state index is 0.0154. The number of hydrogen-bond acceptors (Lipinski definition) is 3. The molecule has 5 heteroatoms. The molecule has 0 aliphatic carbocycles. The molecule has 1 rings (SSSR count). The smallest absolute Gasteiger partial charge is 0.304 e. The Hall–Kier alpha value is -1.88. The molecule has 0 fully saturated rings. The van der Waals surface area contributed by atoms with Crippen LogP contribution in [0.3, 0.4) is 0 Å². The lowest BCUT2D eigenvalue weighted by molar-refractivity contribution is -0.137. The monoisotopic (exact) mass is 250 g/mol. The Kier molecular flexibility index (Phi) is 5.87.